The molecule has 6 heteroatoms. The van der Waals surface area contributed by atoms with Crippen LogP contribution in [0.15, 0.2) is 47.6 Å². The predicted octanol–water partition coefficient (Wildman–Crippen LogP) is 3.22. The van der Waals surface area contributed by atoms with Crippen LogP contribution < -0.4 is 5.32 Å². The normalized spacial score (nSPS) is 15.8. The van der Waals surface area contributed by atoms with Crippen molar-refractivity contribution in [1.29, 1.82) is 0 Å². The average Bonchev–Trinajstić information content (AvgIpc) is 3.15. The first-order chi connectivity index (χ1) is 12.5. The lowest BCUT2D eigenvalue weighted by Gasteiger charge is -2.13. The van der Waals surface area contributed by atoms with E-state index in [1.165, 1.54) is 7.11 Å². The third kappa shape index (κ3) is 3.59. The molecule has 0 fully saturated rings. The average molecular weight is 352 g/mol. The second-order valence-corrected chi connectivity index (χ2v) is 6.15. The van der Waals surface area contributed by atoms with E-state index in [0.717, 1.165) is 22.4 Å². The van der Waals surface area contributed by atoms with Crippen LogP contribution in [0.2, 0.25) is 0 Å². The molecule has 1 amide bonds. The highest BCUT2D eigenvalue weighted by atomic mass is 16.6. The number of nitrogens with zero attached hydrogens (tertiary/aromatic N) is 1. The van der Waals surface area contributed by atoms with Crippen LogP contribution in [0, 0.1) is 13.8 Å². The van der Waals surface area contributed by atoms with E-state index in [0.29, 0.717) is 17.7 Å². The fraction of sp³-hybridized carbons (Fsp3) is 0.250. The number of carbonyl (C=O) groups excluding carboxylic acids is 2. The topological polar surface area (TPSA) is 77.0 Å². The Morgan fingerprint density at radius 3 is 2.62 bits per heavy atom. The first-order valence-electron chi connectivity index (χ1n) is 8.28. The van der Waals surface area contributed by atoms with E-state index in [1.54, 1.807) is 6.07 Å². The Bertz CT molecular complexity index is 875. The maximum atomic E-state index is 12.5. The molecule has 1 N–H and O–H groups in total. The minimum atomic E-state index is -0.701. The fourth-order valence-corrected chi connectivity index (χ4v) is 2.80. The Morgan fingerprint density at radius 2 is 1.92 bits per heavy atom. The van der Waals surface area contributed by atoms with Gasteiger partial charge in [0, 0.05) is 12.1 Å². The van der Waals surface area contributed by atoms with Gasteiger partial charge in [0.1, 0.15) is 0 Å². The molecule has 0 saturated heterocycles. The van der Waals surface area contributed by atoms with E-state index in [2.05, 4.69) is 10.5 Å². The number of aryl methyl sites for hydroxylation is 1. The Balaban J connectivity index is 1.71. The molecular weight excluding hydrogens is 332 g/mol. The molecule has 1 unspecified atom stereocenters. The molecule has 0 aliphatic carbocycles. The SMILES string of the molecule is COC(=O)c1cc(NC(=O)C2CC(c3ccccc3)=NO2)cc(C)c1C. The fourth-order valence-electron chi connectivity index (χ4n) is 2.80. The minimum Gasteiger partial charge on any atom is -0.465 e. The van der Waals surface area contributed by atoms with Gasteiger partial charge < -0.3 is 14.9 Å². The van der Waals surface area contributed by atoms with Crippen LogP contribution in [0.3, 0.4) is 0 Å². The zero-order valence-electron chi connectivity index (χ0n) is 14.9. The molecule has 1 aliphatic rings. The monoisotopic (exact) mass is 352 g/mol. The molecule has 0 radical (unpaired) electrons. The number of nitrogens with one attached hydrogen (secondary N) is 1. The summed E-state index contributed by atoms with van der Waals surface area (Å²) in [6.07, 6.45) is -0.307. The summed E-state index contributed by atoms with van der Waals surface area (Å²) in [5, 5.41) is 6.82. The summed E-state index contributed by atoms with van der Waals surface area (Å²) in [6, 6.07) is 13.0. The van der Waals surface area contributed by atoms with Crippen molar-refractivity contribution in [2.24, 2.45) is 5.16 Å². The van der Waals surface area contributed by atoms with E-state index in [9.17, 15) is 9.59 Å². The molecule has 2 aromatic rings. The van der Waals surface area contributed by atoms with Crippen molar-refractivity contribution < 1.29 is 19.2 Å². The summed E-state index contributed by atoms with van der Waals surface area (Å²) in [4.78, 5) is 29.7. The van der Waals surface area contributed by atoms with Crippen LogP contribution in [-0.2, 0) is 14.4 Å². The number of carbonyl (C=O) groups is 2. The highest BCUT2D eigenvalue weighted by Crippen LogP contribution is 2.23. The molecule has 1 atom stereocenters. The lowest BCUT2D eigenvalue weighted by Crippen LogP contribution is -2.28. The Hall–Kier alpha value is -3.15. The molecule has 0 bridgehead atoms. The number of methoxy groups -OCH3 is 1. The molecule has 0 aromatic heterocycles. The molecule has 1 heterocycles. The van der Waals surface area contributed by atoms with Crippen molar-refractivity contribution in [2.45, 2.75) is 26.4 Å². The Labute approximate surface area is 151 Å². The number of esters is 1. The maximum Gasteiger partial charge on any atom is 0.338 e. The second kappa shape index (κ2) is 7.39. The van der Waals surface area contributed by atoms with E-state index in [-0.39, 0.29) is 5.91 Å². The van der Waals surface area contributed by atoms with Gasteiger partial charge in [0.2, 0.25) is 6.10 Å². The molecular formula is C20H20N2O4. The highest BCUT2D eigenvalue weighted by Gasteiger charge is 2.29. The standard InChI is InChI=1S/C20H20N2O4/c1-12-9-15(10-16(13(12)2)20(24)25-3)21-19(23)18-11-17(22-26-18)14-7-5-4-6-8-14/h4-10,18H,11H2,1-3H3,(H,21,23). The van der Waals surface area contributed by atoms with Crippen LogP contribution in [0.4, 0.5) is 5.69 Å². The number of rotatable bonds is 4. The highest BCUT2D eigenvalue weighted by molar-refractivity contribution is 6.06. The molecule has 134 valence electrons. The summed E-state index contributed by atoms with van der Waals surface area (Å²) in [6.45, 7) is 3.72. The quantitative estimate of drug-likeness (QED) is 0.857. The van der Waals surface area contributed by atoms with Crippen molar-refractivity contribution in [2.75, 3.05) is 12.4 Å². The Kier molecular flexibility index (Phi) is 5.02. The molecule has 6 nitrogen and oxygen atoms in total. The first kappa shape index (κ1) is 17.7. The van der Waals surface area contributed by atoms with Crippen LogP contribution in [0.5, 0.6) is 0 Å². The van der Waals surface area contributed by atoms with Crippen LogP contribution >= 0.6 is 0 Å². The molecule has 1 aliphatic heterocycles. The molecule has 3 rings (SSSR count). The van der Waals surface area contributed by atoms with E-state index in [4.69, 9.17) is 9.57 Å². The van der Waals surface area contributed by atoms with Crippen molar-refractivity contribution in [3.8, 4) is 0 Å². The number of anilines is 1. The lowest BCUT2D eigenvalue weighted by molar-refractivity contribution is -0.125. The predicted molar refractivity (Wildman–Crippen MR) is 98.4 cm³/mol. The Morgan fingerprint density at radius 1 is 1.19 bits per heavy atom. The zero-order valence-corrected chi connectivity index (χ0v) is 14.9. The van der Waals surface area contributed by atoms with Gasteiger partial charge in [-0.3, -0.25) is 4.79 Å². The van der Waals surface area contributed by atoms with E-state index in [1.807, 2.05) is 50.2 Å². The summed E-state index contributed by atoms with van der Waals surface area (Å²) >= 11 is 0. The number of benzene rings is 2. The summed E-state index contributed by atoms with van der Waals surface area (Å²) in [5.41, 5.74) is 4.33. The lowest BCUT2D eigenvalue weighted by atomic mass is 10.0. The van der Waals surface area contributed by atoms with E-state index >= 15 is 0 Å². The van der Waals surface area contributed by atoms with Gasteiger partial charge in [-0.05, 0) is 42.7 Å². The van der Waals surface area contributed by atoms with Crippen LogP contribution in [0.1, 0.15) is 33.5 Å². The van der Waals surface area contributed by atoms with Gasteiger partial charge in [-0.2, -0.15) is 0 Å². The summed E-state index contributed by atoms with van der Waals surface area (Å²) < 4.78 is 4.80. The van der Waals surface area contributed by atoms with Crippen molar-refractivity contribution in [3.05, 3.63) is 64.7 Å². The summed E-state index contributed by atoms with van der Waals surface area (Å²) in [7, 11) is 1.33. The number of hydrogen-bond acceptors (Lipinski definition) is 5. The number of hydrogen-bond donors (Lipinski definition) is 1. The first-order valence-corrected chi connectivity index (χ1v) is 8.28. The molecule has 26 heavy (non-hydrogen) atoms. The molecule has 0 spiro atoms. The minimum absolute atomic E-state index is 0.307. The largest absolute Gasteiger partial charge is 0.465 e. The van der Waals surface area contributed by atoms with Crippen LogP contribution in [0.25, 0.3) is 0 Å². The van der Waals surface area contributed by atoms with Gasteiger partial charge in [0.15, 0.2) is 0 Å². The zero-order chi connectivity index (χ0) is 18.7. The number of amides is 1. The van der Waals surface area contributed by atoms with Crippen molar-refractivity contribution >= 4 is 23.3 Å². The van der Waals surface area contributed by atoms with Gasteiger partial charge in [0.05, 0.1) is 18.4 Å². The number of ether oxygens (including phenoxy) is 1. The van der Waals surface area contributed by atoms with Gasteiger partial charge in [-0.15, -0.1) is 0 Å². The van der Waals surface area contributed by atoms with Gasteiger partial charge in [-0.25, -0.2) is 4.79 Å². The molecule has 2 aromatic carbocycles. The molecule has 0 saturated carbocycles. The second-order valence-electron chi connectivity index (χ2n) is 6.15. The maximum absolute atomic E-state index is 12.5. The van der Waals surface area contributed by atoms with Gasteiger partial charge >= 0.3 is 5.97 Å². The van der Waals surface area contributed by atoms with Crippen molar-refractivity contribution in [1.82, 2.24) is 0 Å². The summed E-state index contributed by atoms with van der Waals surface area (Å²) in [5.74, 6) is -0.743. The third-order valence-corrected chi connectivity index (χ3v) is 4.41. The van der Waals surface area contributed by atoms with E-state index < -0.39 is 12.1 Å². The number of oxime groups is 1. The smallest absolute Gasteiger partial charge is 0.338 e. The van der Waals surface area contributed by atoms with Crippen LogP contribution in [-0.4, -0.2) is 30.8 Å². The van der Waals surface area contributed by atoms with Gasteiger partial charge in [0.25, 0.3) is 5.91 Å². The van der Waals surface area contributed by atoms with Crippen molar-refractivity contribution in [3.63, 3.8) is 0 Å². The third-order valence-electron chi connectivity index (χ3n) is 4.41. The van der Waals surface area contributed by atoms with Gasteiger partial charge in [-0.1, -0.05) is 35.5 Å².